The van der Waals surface area contributed by atoms with E-state index in [9.17, 15) is 9.59 Å². The maximum absolute atomic E-state index is 11.3. The van der Waals surface area contributed by atoms with Crippen molar-refractivity contribution in [2.24, 2.45) is 5.92 Å². The summed E-state index contributed by atoms with van der Waals surface area (Å²) in [7, 11) is 0. The van der Waals surface area contributed by atoms with Crippen LogP contribution in [0.15, 0.2) is 11.0 Å². The van der Waals surface area contributed by atoms with Gasteiger partial charge in [0.15, 0.2) is 0 Å². The van der Waals surface area contributed by atoms with Crippen LogP contribution in [0.3, 0.4) is 0 Å². The van der Waals surface area contributed by atoms with Crippen LogP contribution in [0.2, 0.25) is 0 Å². The summed E-state index contributed by atoms with van der Waals surface area (Å²) in [5, 5.41) is 11.2. The van der Waals surface area contributed by atoms with Crippen molar-refractivity contribution in [2.75, 3.05) is 0 Å². The molecule has 0 fully saturated rings. The monoisotopic (exact) mass is 184 g/mol. The fraction of sp³-hybridized carbons (Fsp3) is 0.500. The number of H-pyrrole nitrogens is 1. The van der Waals surface area contributed by atoms with Crippen molar-refractivity contribution in [3.05, 3.63) is 22.1 Å². The van der Waals surface area contributed by atoms with Crippen LogP contribution in [0.4, 0.5) is 0 Å². The molecule has 2 N–H and O–H groups in total. The predicted octanol–water partition coefficient (Wildman–Crippen LogP) is 0.531. The molecule has 0 bridgehead atoms. The van der Waals surface area contributed by atoms with Gasteiger partial charge in [0.05, 0.1) is 0 Å². The van der Waals surface area contributed by atoms with Crippen molar-refractivity contribution in [1.82, 2.24) is 9.78 Å². The molecule has 5 heteroatoms. The molecular formula is C8H12N2O3. The first-order valence-corrected chi connectivity index (χ1v) is 4.04. The van der Waals surface area contributed by atoms with Gasteiger partial charge >= 0.3 is 5.97 Å². The summed E-state index contributed by atoms with van der Waals surface area (Å²) in [5.41, 5.74) is -0.679. The molecule has 0 aliphatic rings. The quantitative estimate of drug-likeness (QED) is 0.719. The Labute approximate surface area is 75.0 Å². The van der Waals surface area contributed by atoms with Gasteiger partial charge in [0.1, 0.15) is 5.56 Å². The van der Waals surface area contributed by atoms with Gasteiger partial charge < -0.3 is 10.2 Å². The molecule has 0 aromatic carbocycles. The third-order valence-electron chi connectivity index (χ3n) is 1.62. The molecule has 0 spiro atoms. The maximum Gasteiger partial charge on any atom is 0.342 e. The summed E-state index contributed by atoms with van der Waals surface area (Å²) < 4.78 is 1.30. The van der Waals surface area contributed by atoms with E-state index >= 15 is 0 Å². The first-order valence-electron chi connectivity index (χ1n) is 4.04. The van der Waals surface area contributed by atoms with Crippen LogP contribution in [0.1, 0.15) is 24.2 Å². The van der Waals surface area contributed by atoms with Crippen LogP contribution in [-0.2, 0) is 6.54 Å². The second-order valence-electron chi connectivity index (χ2n) is 3.30. The Bertz CT molecular complexity index is 362. The molecule has 5 nitrogen and oxygen atoms in total. The van der Waals surface area contributed by atoms with Crippen molar-refractivity contribution >= 4 is 5.97 Å². The largest absolute Gasteiger partial charge is 0.477 e. The fourth-order valence-electron chi connectivity index (χ4n) is 1.06. The van der Waals surface area contributed by atoms with Crippen LogP contribution < -0.4 is 5.56 Å². The average Bonchev–Trinajstić information content (AvgIpc) is 2.32. The summed E-state index contributed by atoms with van der Waals surface area (Å²) in [6.45, 7) is 4.41. The molecule has 1 aromatic rings. The Morgan fingerprint density at radius 2 is 2.31 bits per heavy atom. The molecule has 1 aromatic heterocycles. The lowest BCUT2D eigenvalue weighted by Gasteiger charge is -2.03. The van der Waals surface area contributed by atoms with Crippen LogP contribution in [-0.4, -0.2) is 20.9 Å². The zero-order valence-electron chi connectivity index (χ0n) is 7.57. The van der Waals surface area contributed by atoms with E-state index in [-0.39, 0.29) is 5.56 Å². The van der Waals surface area contributed by atoms with Crippen molar-refractivity contribution in [2.45, 2.75) is 20.4 Å². The molecule has 0 unspecified atom stereocenters. The smallest absolute Gasteiger partial charge is 0.342 e. The molecule has 1 rings (SSSR count). The van der Waals surface area contributed by atoms with Crippen LogP contribution >= 0.6 is 0 Å². The number of rotatable bonds is 3. The van der Waals surface area contributed by atoms with Gasteiger partial charge in [-0.1, -0.05) is 13.8 Å². The lowest BCUT2D eigenvalue weighted by Crippen LogP contribution is -2.23. The lowest BCUT2D eigenvalue weighted by atomic mass is 10.2. The molecule has 0 aliphatic carbocycles. The number of nitrogens with one attached hydrogen (secondary N) is 1. The highest BCUT2D eigenvalue weighted by atomic mass is 16.4. The number of aromatic nitrogens is 2. The van der Waals surface area contributed by atoms with Gasteiger partial charge in [0.2, 0.25) is 0 Å². The number of carboxylic acids is 1. The van der Waals surface area contributed by atoms with Gasteiger partial charge in [-0.25, -0.2) is 4.79 Å². The van der Waals surface area contributed by atoms with E-state index in [1.165, 1.54) is 10.9 Å². The number of aromatic amines is 1. The lowest BCUT2D eigenvalue weighted by molar-refractivity contribution is 0.0695. The number of hydrogen-bond acceptors (Lipinski definition) is 2. The summed E-state index contributed by atoms with van der Waals surface area (Å²) >= 11 is 0. The number of hydrogen-bond donors (Lipinski definition) is 2. The van der Waals surface area contributed by atoms with Crippen LogP contribution in [0.5, 0.6) is 0 Å². The first-order chi connectivity index (χ1) is 6.02. The van der Waals surface area contributed by atoms with E-state index < -0.39 is 11.5 Å². The Kier molecular flexibility index (Phi) is 2.55. The van der Waals surface area contributed by atoms with Crippen LogP contribution in [0.25, 0.3) is 0 Å². The first kappa shape index (κ1) is 9.57. The number of nitrogens with zero attached hydrogens (tertiary/aromatic N) is 1. The molecule has 0 saturated carbocycles. The Morgan fingerprint density at radius 1 is 1.69 bits per heavy atom. The fourth-order valence-corrected chi connectivity index (χ4v) is 1.06. The van der Waals surface area contributed by atoms with Crippen molar-refractivity contribution < 1.29 is 9.90 Å². The van der Waals surface area contributed by atoms with Crippen molar-refractivity contribution in [1.29, 1.82) is 0 Å². The Hall–Kier alpha value is -1.52. The highest BCUT2D eigenvalue weighted by molar-refractivity contribution is 5.86. The van der Waals surface area contributed by atoms with E-state index in [2.05, 4.69) is 5.10 Å². The minimum atomic E-state index is -1.19. The van der Waals surface area contributed by atoms with Gasteiger partial charge in [-0.15, -0.1) is 0 Å². The van der Waals surface area contributed by atoms with Gasteiger partial charge in [0.25, 0.3) is 5.56 Å². The maximum atomic E-state index is 11.3. The second-order valence-corrected chi connectivity index (χ2v) is 3.30. The standard InChI is InChI=1S/C8H12N2O3/c1-5(2)4-10-7(11)6(3-9-10)8(12)13/h3,5,9H,4H2,1-2H3,(H,12,13). The van der Waals surface area contributed by atoms with Gasteiger partial charge in [0, 0.05) is 12.7 Å². The van der Waals surface area contributed by atoms with E-state index in [0.717, 1.165) is 0 Å². The minimum Gasteiger partial charge on any atom is -0.477 e. The van der Waals surface area contributed by atoms with E-state index in [1.807, 2.05) is 13.8 Å². The normalized spacial score (nSPS) is 10.7. The summed E-state index contributed by atoms with van der Waals surface area (Å²) in [6.07, 6.45) is 1.22. The SMILES string of the molecule is CC(C)Cn1[nH]cc(C(=O)O)c1=O. The van der Waals surface area contributed by atoms with E-state index in [1.54, 1.807) is 0 Å². The molecule has 0 saturated heterocycles. The highest BCUT2D eigenvalue weighted by Gasteiger charge is 2.12. The second kappa shape index (κ2) is 3.47. The van der Waals surface area contributed by atoms with Gasteiger partial charge in [-0.05, 0) is 5.92 Å². The molecule has 0 amide bonds. The molecule has 1 heterocycles. The number of carbonyl (C=O) groups is 1. The van der Waals surface area contributed by atoms with Gasteiger partial charge in [-0.2, -0.15) is 0 Å². The Morgan fingerprint density at radius 3 is 2.69 bits per heavy atom. The zero-order chi connectivity index (χ0) is 10.0. The summed E-state index contributed by atoms with van der Waals surface area (Å²) in [4.78, 5) is 21.8. The number of carboxylic acid groups (broad SMARTS) is 1. The van der Waals surface area contributed by atoms with Gasteiger partial charge in [-0.3, -0.25) is 9.48 Å². The highest BCUT2D eigenvalue weighted by Crippen LogP contribution is 1.96. The summed E-state index contributed by atoms with van der Waals surface area (Å²) in [6, 6.07) is 0. The topological polar surface area (TPSA) is 75.1 Å². The predicted molar refractivity (Wildman–Crippen MR) is 46.9 cm³/mol. The molecule has 0 radical (unpaired) electrons. The molecule has 0 aliphatic heterocycles. The van der Waals surface area contributed by atoms with Crippen LogP contribution in [0, 0.1) is 5.92 Å². The third-order valence-corrected chi connectivity index (χ3v) is 1.62. The minimum absolute atomic E-state index is 0.208. The molecule has 72 valence electrons. The molecule has 13 heavy (non-hydrogen) atoms. The molecule has 0 atom stereocenters. The third kappa shape index (κ3) is 1.99. The summed E-state index contributed by atoms with van der Waals surface area (Å²) in [5.74, 6) is -0.887. The van der Waals surface area contributed by atoms with E-state index in [0.29, 0.717) is 12.5 Å². The van der Waals surface area contributed by atoms with Crippen molar-refractivity contribution in [3.8, 4) is 0 Å². The Balaban J connectivity index is 3.00. The number of aromatic carboxylic acids is 1. The molecular weight excluding hydrogens is 172 g/mol. The average molecular weight is 184 g/mol. The zero-order valence-corrected chi connectivity index (χ0v) is 7.57. The van der Waals surface area contributed by atoms with E-state index in [4.69, 9.17) is 5.11 Å². The van der Waals surface area contributed by atoms with Crippen molar-refractivity contribution in [3.63, 3.8) is 0 Å².